The van der Waals surface area contributed by atoms with Crippen molar-refractivity contribution in [1.82, 2.24) is 19.6 Å². The highest BCUT2D eigenvalue weighted by Crippen LogP contribution is 2.30. The molecule has 3 aromatic rings. The SMILES string of the molecule is CN(C)Cc1ccoc1C(=O)N1CCC(c2nn(-c3ccccc3)cc2F)CC1. The van der Waals surface area contributed by atoms with E-state index >= 15 is 0 Å². The van der Waals surface area contributed by atoms with E-state index in [1.807, 2.05) is 55.4 Å². The Morgan fingerprint density at radius 3 is 2.62 bits per heavy atom. The van der Waals surface area contributed by atoms with Gasteiger partial charge >= 0.3 is 0 Å². The summed E-state index contributed by atoms with van der Waals surface area (Å²) in [5.74, 6) is 0.0112. The maximum Gasteiger partial charge on any atom is 0.289 e. The summed E-state index contributed by atoms with van der Waals surface area (Å²) in [4.78, 5) is 16.7. The van der Waals surface area contributed by atoms with Crippen LogP contribution in [0.2, 0.25) is 0 Å². The van der Waals surface area contributed by atoms with Crippen molar-refractivity contribution in [2.75, 3.05) is 27.2 Å². The number of furan rings is 1. The van der Waals surface area contributed by atoms with Crippen LogP contribution in [-0.2, 0) is 6.54 Å². The number of likely N-dealkylation sites (tertiary alicyclic amines) is 1. The minimum absolute atomic E-state index is 0.00172. The predicted octanol–water partition coefficient (Wildman–Crippen LogP) is 3.69. The predicted molar refractivity (Wildman–Crippen MR) is 107 cm³/mol. The second-order valence-electron chi connectivity index (χ2n) is 7.72. The van der Waals surface area contributed by atoms with Crippen molar-refractivity contribution in [1.29, 1.82) is 0 Å². The second-order valence-corrected chi connectivity index (χ2v) is 7.72. The molecular weight excluding hydrogens is 371 g/mol. The lowest BCUT2D eigenvalue weighted by atomic mass is 9.93. The first-order valence-electron chi connectivity index (χ1n) is 9.84. The van der Waals surface area contributed by atoms with Crippen LogP contribution in [0, 0.1) is 5.82 Å². The van der Waals surface area contributed by atoms with Gasteiger partial charge in [0.25, 0.3) is 5.91 Å². The summed E-state index contributed by atoms with van der Waals surface area (Å²) >= 11 is 0. The summed E-state index contributed by atoms with van der Waals surface area (Å²) in [6.07, 6.45) is 4.35. The molecule has 0 radical (unpaired) electrons. The van der Waals surface area contributed by atoms with E-state index in [2.05, 4.69) is 5.10 Å². The Kier molecular flexibility index (Phi) is 5.49. The van der Waals surface area contributed by atoms with Crippen LogP contribution in [0.25, 0.3) is 5.69 Å². The van der Waals surface area contributed by atoms with Gasteiger partial charge in [-0.1, -0.05) is 18.2 Å². The molecular formula is C22H25FN4O2. The highest BCUT2D eigenvalue weighted by Gasteiger charge is 2.30. The van der Waals surface area contributed by atoms with Crippen LogP contribution in [0.1, 0.15) is 40.6 Å². The third-order valence-electron chi connectivity index (χ3n) is 5.31. The maximum atomic E-state index is 14.6. The average Bonchev–Trinajstić information content (AvgIpc) is 3.34. The van der Waals surface area contributed by atoms with Crippen LogP contribution in [0.3, 0.4) is 0 Å². The number of amides is 1. The number of halogens is 1. The molecule has 0 unspecified atom stereocenters. The number of nitrogens with zero attached hydrogens (tertiary/aromatic N) is 4. The molecule has 0 saturated carbocycles. The highest BCUT2D eigenvalue weighted by atomic mass is 19.1. The molecule has 0 bridgehead atoms. The fourth-order valence-corrected chi connectivity index (χ4v) is 3.84. The van der Waals surface area contributed by atoms with E-state index in [0.717, 1.165) is 11.3 Å². The maximum absolute atomic E-state index is 14.6. The number of hydrogen-bond acceptors (Lipinski definition) is 4. The van der Waals surface area contributed by atoms with Gasteiger partial charge in [-0.05, 0) is 45.1 Å². The molecule has 152 valence electrons. The molecule has 1 aliphatic rings. The zero-order valence-corrected chi connectivity index (χ0v) is 16.7. The molecule has 6 nitrogen and oxygen atoms in total. The van der Waals surface area contributed by atoms with Gasteiger partial charge in [0.05, 0.1) is 18.1 Å². The number of para-hydroxylation sites is 1. The van der Waals surface area contributed by atoms with Crippen molar-refractivity contribution >= 4 is 5.91 Å². The van der Waals surface area contributed by atoms with Gasteiger partial charge in [0, 0.05) is 31.1 Å². The Morgan fingerprint density at radius 2 is 1.93 bits per heavy atom. The van der Waals surface area contributed by atoms with Gasteiger partial charge in [-0.15, -0.1) is 0 Å². The number of hydrogen-bond donors (Lipinski definition) is 0. The van der Waals surface area contributed by atoms with Crippen LogP contribution in [-0.4, -0.2) is 52.7 Å². The Balaban J connectivity index is 1.43. The van der Waals surface area contributed by atoms with Crippen LogP contribution in [0.4, 0.5) is 4.39 Å². The molecule has 0 spiro atoms. The minimum atomic E-state index is -0.294. The normalized spacial score (nSPS) is 15.2. The molecule has 4 rings (SSSR count). The lowest BCUT2D eigenvalue weighted by molar-refractivity contribution is 0.0676. The van der Waals surface area contributed by atoms with Crippen molar-refractivity contribution < 1.29 is 13.6 Å². The number of rotatable bonds is 5. The molecule has 1 fully saturated rings. The first-order chi connectivity index (χ1) is 14.0. The van der Waals surface area contributed by atoms with Crippen molar-refractivity contribution in [3.8, 4) is 5.69 Å². The standard InChI is InChI=1S/C22H25FN4O2/c1-25(2)14-17-10-13-29-21(17)22(28)26-11-8-16(9-12-26)20-19(23)15-27(24-20)18-6-4-3-5-7-18/h3-7,10,13,15-16H,8-9,11-12,14H2,1-2H3. The number of carbonyl (C=O) groups is 1. The van der Waals surface area contributed by atoms with E-state index in [1.54, 1.807) is 15.8 Å². The Labute approximate surface area is 169 Å². The summed E-state index contributed by atoms with van der Waals surface area (Å²) in [7, 11) is 3.91. The zero-order valence-electron chi connectivity index (χ0n) is 16.7. The summed E-state index contributed by atoms with van der Waals surface area (Å²) in [5, 5.41) is 4.48. The molecule has 1 aromatic carbocycles. The van der Waals surface area contributed by atoms with Crippen LogP contribution in [0.5, 0.6) is 0 Å². The molecule has 0 aliphatic carbocycles. The molecule has 2 aromatic heterocycles. The average molecular weight is 396 g/mol. The lowest BCUT2D eigenvalue weighted by Gasteiger charge is -2.31. The molecule has 0 N–H and O–H groups in total. The fraction of sp³-hybridized carbons (Fsp3) is 0.364. The quantitative estimate of drug-likeness (QED) is 0.660. The number of carbonyl (C=O) groups excluding carboxylic acids is 1. The number of aromatic nitrogens is 2. The highest BCUT2D eigenvalue weighted by molar-refractivity contribution is 5.93. The molecule has 29 heavy (non-hydrogen) atoms. The van der Waals surface area contributed by atoms with Crippen molar-refractivity contribution in [2.24, 2.45) is 0 Å². The van der Waals surface area contributed by atoms with Crippen LogP contribution < -0.4 is 0 Å². The Hall–Kier alpha value is -2.93. The van der Waals surface area contributed by atoms with E-state index in [-0.39, 0.29) is 17.6 Å². The van der Waals surface area contributed by atoms with Gasteiger partial charge in [0.15, 0.2) is 11.6 Å². The van der Waals surface area contributed by atoms with E-state index in [9.17, 15) is 9.18 Å². The lowest BCUT2D eigenvalue weighted by Crippen LogP contribution is -2.38. The zero-order chi connectivity index (χ0) is 20.4. The van der Waals surface area contributed by atoms with Crippen molar-refractivity contribution in [2.45, 2.75) is 25.3 Å². The van der Waals surface area contributed by atoms with E-state index in [4.69, 9.17) is 4.42 Å². The first-order valence-corrected chi connectivity index (χ1v) is 9.84. The second kappa shape index (κ2) is 8.21. The molecule has 7 heteroatoms. The Bertz CT molecular complexity index is 972. The summed E-state index contributed by atoms with van der Waals surface area (Å²) in [6.45, 7) is 1.77. The van der Waals surface area contributed by atoms with Crippen LogP contribution >= 0.6 is 0 Å². The molecule has 3 heterocycles. The third kappa shape index (κ3) is 4.10. The van der Waals surface area contributed by atoms with Crippen molar-refractivity contribution in [3.63, 3.8) is 0 Å². The van der Waals surface area contributed by atoms with Gasteiger partial charge in [0.2, 0.25) is 0 Å². The number of benzene rings is 1. The van der Waals surface area contributed by atoms with E-state index in [0.29, 0.717) is 43.9 Å². The smallest absolute Gasteiger partial charge is 0.289 e. The van der Waals surface area contributed by atoms with E-state index < -0.39 is 0 Å². The van der Waals surface area contributed by atoms with E-state index in [1.165, 1.54) is 6.20 Å². The topological polar surface area (TPSA) is 54.5 Å². The first kappa shape index (κ1) is 19.4. The molecule has 1 saturated heterocycles. The fourth-order valence-electron chi connectivity index (χ4n) is 3.84. The molecule has 0 atom stereocenters. The monoisotopic (exact) mass is 396 g/mol. The molecule has 1 aliphatic heterocycles. The molecule has 1 amide bonds. The number of piperidine rings is 1. The summed E-state index contributed by atoms with van der Waals surface area (Å²) < 4.78 is 21.6. The van der Waals surface area contributed by atoms with Gasteiger partial charge in [-0.3, -0.25) is 4.79 Å². The van der Waals surface area contributed by atoms with Gasteiger partial charge in [-0.2, -0.15) is 5.10 Å². The minimum Gasteiger partial charge on any atom is -0.459 e. The third-order valence-corrected chi connectivity index (χ3v) is 5.31. The largest absolute Gasteiger partial charge is 0.459 e. The summed E-state index contributed by atoms with van der Waals surface area (Å²) in [6, 6.07) is 11.3. The Morgan fingerprint density at radius 1 is 1.21 bits per heavy atom. The van der Waals surface area contributed by atoms with Gasteiger partial charge in [0.1, 0.15) is 5.69 Å². The summed E-state index contributed by atoms with van der Waals surface area (Å²) in [5.41, 5.74) is 2.19. The van der Waals surface area contributed by atoms with Gasteiger partial charge < -0.3 is 14.2 Å². The van der Waals surface area contributed by atoms with Crippen LogP contribution in [0.15, 0.2) is 53.3 Å². The van der Waals surface area contributed by atoms with Gasteiger partial charge in [-0.25, -0.2) is 9.07 Å². The van der Waals surface area contributed by atoms with Crippen molar-refractivity contribution in [3.05, 3.63) is 71.7 Å².